The van der Waals surface area contributed by atoms with Gasteiger partial charge in [-0.3, -0.25) is 0 Å². The normalized spacial score (nSPS) is 12.0. The molecule has 0 aliphatic rings. The fourth-order valence-electron chi connectivity index (χ4n) is 0.712. The molecule has 0 amide bonds. The van der Waals surface area contributed by atoms with Crippen molar-refractivity contribution in [2.24, 2.45) is 0 Å². The van der Waals surface area contributed by atoms with Crippen molar-refractivity contribution in [1.29, 1.82) is 0 Å². The summed E-state index contributed by atoms with van der Waals surface area (Å²) in [5, 5.41) is 0. The maximum atomic E-state index is 6.31. The molecule has 0 spiro atoms. The third-order valence-electron chi connectivity index (χ3n) is 1.54. The molecule has 0 aromatic carbocycles. The molecule has 0 aliphatic heterocycles. The molecule has 0 atom stereocenters. The second-order valence-electron chi connectivity index (χ2n) is 2.87. The van der Waals surface area contributed by atoms with Crippen LogP contribution in [-0.2, 0) is 0 Å². The van der Waals surface area contributed by atoms with Crippen molar-refractivity contribution in [3.8, 4) is 0 Å². The Morgan fingerprint density at radius 3 is 1.62 bits per heavy atom. The molecule has 0 radical (unpaired) electrons. The number of halogens is 2. The number of hydrogen-bond donors (Lipinski definition) is 0. The Labute approximate surface area is 99.1 Å². The minimum atomic E-state index is -2.71. The Morgan fingerprint density at radius 1 is 0.923 bits per heavy atom. The van der Waals surface area contributed by atoms with Crippen molar-refractivity contribution in [1.82, 2.24) is 0 Å². The van der Waals surface area contributed by atoms with Crippen LogP contribution in [0.4, 0.5) is 0 Å². The molecule has 0 saturated carbocycles. The van der Waals surface area contributed by atoms with E-state index < -0.39 is 13.4 Å². The van der Waals surface area contributed by atoms with Gasteiger partial charge in [0.15, 0.2) is 0 Å². The van der Waals surface area contributed by atoms with Crippen LogP contribution in [-0.4, -0.2) is 24.9 Å². The van der Waals surface area contributed by atoms with E-state index in [-0.39, 0.29) is 0 Å². The third kappa shape index (κ3) is 10.4. The van der Waals surface area contributed by atoms with Gasteiger partial charge in [0.05, 0.1) is 0 Å². The molecule has 5 heteroatoms. The van der Waals surface area contributed by atoms with Crippen molar-refractivity contribution in [2.75, 3.05) is 11.5 Å². The molecule has 80 valence electrons. The molecule has 0 aliphatic carbocycles. The first-order valence-corrected chi connectivity index (χ1v) is 21.0. The summed E-state index contributed by atoms with van der Waals surface area (Å²) in [6.07, 6.45) is 4.97. The van der Waals surface area contributed by atoms with Gasteiger partial charge in [-0.05, 0) is 0 Å². The summed E-state index contributed by atoms with van der Waals surface area (Å²) in [6, 6.07) is 0. The predicted octanol–water partition coefficient (Wildman–Crippen LogP) is 4.97. The van der Waals surface area contributed by atoms with Crippen LogP contribution >= 0.6 is 35.7 Å². The van der Waals surface area contributed by atoms with E-state index in [0.29, 0.717) is 0 Å². The standard InChI is InChI=1S/2C4H10S.2ClH.Sn/c2*1-2-3-4-5;;;/h2*5H,2-4H2,1H3;2*1H;/q;;;;+4/p-4. The van der Waals surface area contributed by atoms with E-state index in [1.165, 1.54) is 25.7 Å². The van der Waals surface area contributed by atoms with Crippen molar-refractivity contribution >= 4 is 49.1 Å². The molecular weight excluding hydrogens is 350 g/mol. The van der Waals surface area contributed by atoms with Crippen LogP contribution < -0.4 is 0 Å². The summed E-state index contributed by atoms with van der Waals surface area (Å²) in [7, 11) is 16.3. The van der Waals surface area contributed by atoms with Gasteiger partial charge in [-0.15, -0.1) is 0 Å². The fraction of sp³-hybridized carbons (Fsp3) is 1.00. The number of hydrogen-bond acceptors (Lipinski definition) is 2. The van der Waals surface area contributed by atoms with Gasteiger partial charge in [0, 0.05) is 0 Å². The second kappa shape index (κ2) is 9.32. The van der Waals surface area contributed by atoms with E-state index in [1.807, 2.05) is 17.9 Å². The third-order valence-corrected chi connectivity index (χ3v) is 26.0. The van der Waals surface area contributed by atoms with Crippen molar-refractivity contribution in [3.05, 3.63) is 0 Å². The first-order chi connectivity index (χ1) is 6.12. The molecule has 0 nitrogen and oxygen atoms in total. The van der Waals surface area contributed by atoms with Crippen LogP contribution in [0.2, 0.25) is 0 Å². The summed E-state index contributed by atoms with van der Waals surface area (Å²) in [5.41, 5.74) is 0. The predicted molar refractivity (Wildman–Crippen MR) is 72.2 cm³/mol. The summed E-state index contributed by atoms with van der Waals surface area (Å²) in [5.74, 6) is 2.30. The van der Waals surface area contributed by atoms with Gasteiger partial charge in [0.2, 0.25) is 0 Å². The molecule has 13 heavy (non-hydrogen) atoms. The Morgan fingerprint density at radius 2 is 1.31 bits per heavy atom. The van der Waals surface area contributed by atoms with Gasteiger partial charge in [-0.25, -0.2) is 0 Å². The average Bonchev–Trinajstić information content (AvgIpc) is 2.05. The van der Waals surface area contributed by atoms with Crippen LogP contribution in [0.15, 0.2) is 0 Å². The van der Waals surface area contributed by atoms with Gasteiger partial charge >= 0.3 is 100 Å². The number of rotatable bonds is 8. The Bertz CT molecular complexity index is 111. The molecule has 0 unspecified atom stereocenters. The molecule has 0 rings (SSSR count). The maximum absolute atomic E-state index is 6.31. The van der Waals surface area contributed by atoms with E-state index in [4.69, 9.17) is 17.8 Å². The van der Waals surface area contributed by atoms with Crippen LogP contribution in [0, 0.1) is 0 Å². The molecule has 0 aromatic rings. The van der Waals surface area contributed by atoms with Crippen LogP contribution in [0.1, 0.15) is 39.5 Å². The second-order valence-corrected chi connectivity index (χ2v) is 36.7. The Balaban J connectivity index is 3.42. The van der Waals surface area contributed by atoms with E-state index >= 15 is 0 Å². The fourth-order valence-corrected chi connectivity index (χ4v) is 20.6. The van der Waals surface area contributed by atoms with Crippen LogP contribution in [0.25, 0.3) is 0 Å². The zero-order valence-electron chi connectivity index (χ0n) is 8.32. The zero-order chi connectivity index (χ0) is 10.2. The molecule has 0 fully saturated rings. The van der Waals surface area contributed by atoms with E-state index in [1.54, 1.807) is 0 Å². The molecule has 0 N–H and O–H groups in total. The summed E-state index contributed by atoms with van der Waals surface area (Å²) in [6.45, 7) is 4.40. The Kier molecular flexibility index (Phi) is 10.8. The van der Waals surface area contributed by atoms with E-state index in [9.17, 15) is 0 Å². The van der Waals surface area contributed by atoms with Gasteiger partial charge in [0.25, 0.3) is 0 Å². The monoisotopic (exact) mass is 368 g/mol. The molecule has 0 saturated heterocycles. The van der Waals surface area contributed by atoms with Crippen molar-refractivity contribution in [2.45, 2.75) is 39.5 Å². The topological polar surface area (TPSA) is 0 Å². The Hall–Kier alpha value is 2.08. The SMILES string of the molecule is CCCC[S][Sn]([Cl])([Cl])[S]CCCC. The average molecular weight is 368 g/mol. The van der Waals surface area contributed by atoms with Crippen LogP contribution in [0.3, 0.4) is 0 Å². The van der Waals surface area contributed by atoms with Gasteiger partial charge < -0.3 is 0 Å². The van der Waals surface area contributed by atoms with Gasteiger partial charge in [-0.2, -0.15) is 0 Å². The molecular formula is C8H18Cl2S2Sn. The quantitative estimate of drug-likeness (QED) is 0.439. The summed E-state index contributed by atoms with van der Waals surface area (Å²) in [4.78, 5) is 0. The summed E-state index contributed by atoms with van der Waals surface area (Å²) >= 11 is -2.71. The summed E-state index contributed by atoms with van der Waals surface area (Å²) < 4.78 is 0. The van der Waals surface area contributed by atoms with Crippen molar-refractivity contribution < 1.29 is 0 Å². The molecule has 0 bridgehead atoms. The van der Waals surface area contributed by atoms with Gasteiger partial charge in [0.1, 0.15) is 0 Å². The van der Waals surface area contributed by atoms with Gasteiger partial charge in [-0.1, -0.05) is 0 Å². The van der Waals surface area contributed by atoms with Crippen LogP contribution in [0.5, 0.6) is 0 Å². The minimum absolute atomic E-state index is 1.15. The molecule has 0 heterocycles. The first-order valence-electron chi connectivity index (χ1n) is 4.78. The number of unbranched alkanes of at least 4 members (excludes halogenated alkanes) is 2. The van der Waals surface area contributed by atoms with E-state index in [0.717, 1.165) is 11.5 Å². The molecule has 0 aromatic heterocycles. The first kappa shape index (κ1) is 15.1. The van der Waals surface area contributed by atoms with E-state index in [2.05, 4.69) is 13.8 Å². The van der Waals surface area contributed by atoms with Crippen molar-refractivity contribution in [3.63, 3.8) is 0 Å². The zero-order valence-corrected chi connectivity index (χ0v) is 14.3.